The van der Waals surface area contributed by atoms with Gasteiger partial charge in [-0.15, -0.1) is 0 Å². The average molecular weight is 625 g/mol. The van der Waals surface area contributed by atoms with Crippen LogP contribution in [-0.2, 0) is 16.1 Å². The fourth-order valence-corrected chi connectivity index (χ4v) is 4.23. The summed E-state index contributed by atoms with van der Waals surface area (Å²) in [5, 5.41) is 11.5. The third-order valence-electron chi connectivity index (χ3n) is 4.87. The first-order chi connectivity index (χ1) is 16.7. The van der Waals surface area contributed by atoms with E-state index >= 15 is 0 Å². The molecule has 3 aromatic rings. The smallest absolute Gasteiger partial charge is 0.363 e. The largest absolute Gasteiger partial charge is 0.493 e. The Hall–Kier alpha value is -3.15. The highest BCUT2D eigenvalue weighted by Gasteiger charge is 2.25. The molecule has 0 atom stereocenters. The number of nitrogens with zero attached hydrogens (tertiary/aromatic N) is 2. The number of esters is 1. The van der Waals surface area contributed by atoms with E-state index in [9.17, 15) is 14.9 Å². The van der Waals surface area contributed by atoms with Gasteiger partial charge in [0.1, 0.15) is 6.61 Å². The molecule has 0 aliphatic carbocycles. The Bertz CT molecular complexity index is 1390. The summed E-state index contributed by atoms with van der Waals surface area (Å²) < 4.78 is 17.4. The topological polar surface area (TPSA) is 100 Å². The highest BCUT2D eigenvalue weighted by atomic mass is 127. The molecule has 0 bridgehead atoms. The quantitative estimate of drug-likeness (QED) is 0.0986. The number of methoxy groups -OCH3 is 1. The number of aliphatic imine (C=N–C) groups is 1. The van der Waals surface area contributed by atoms with Gasteiger partial charge in [-0.3, -0.25) is 10.1 Å². The molecule has 1 heterocycles. The predicted molar refractivity (Wildman–Crippen MR) is 140 cm³/mol. The number of carbonyl (C=O) groups is 1. The number of hydrogen-bond donors (Lipinski definition) is 0. The highest BCUT2D eigenvalue weighted by molar-refractivity contribution is 14.1. The maximum absolute atomic E-state index is 12.4. The molecule has 0 N–H and O–H groups in total. The number of hydrogen-bond acceptors (Lipinski definition) is 7. The van der Waals surface area contributed by atoms with Crippen molar-refractivity contribution in [2.75, 3.05) is 7.11 Å². The molecule has 11 heteroatoms. The Morgan fingerprint density at radius 3 is 2.51 bits per heavy atom. The zero-order valence-corrected chi connectivity index (χ0v) is 21.6. The summed E-state index contributed by atoms with van der Waals surface area (Å²) in [5.41, 5.74) is 2.06. The normalized spacial score (nSPS) is 14.0. The summed E-state index contributed by atoms with van der Waals surface area (Å²) in [6.07, 6.45) is 1.58. The molecule has 3 aromatic carbocycles. The van der Waals surface area contributed by atoms with Gasteiger partial charge in [-0.25, -0.2) is 9.79 Å². The van der Waals surface area contributed by atoms with Crippen LogP contribution in [0.5, 0.6) is 11.5 Å². The van der Waals surface area contributed by atoms with Crippen LogP contribution in [0.1, 0.15) is 16.7 Å². The van der Waals surface area contributed by atoms with Crippen molar-refractivity contribution in [2.24, 2.45) is 4.99 Å². The lowest BCUT2D eigenvalue weighted by atomic mass is 10.1. The second kappa shape index (κ2) is 10.6. The van der Waals surface area contributed by atoms with Crippen LogP contribution in [0.25, 0.3) is 6.08 Å². The second-order valence-corrected chi connectivity index (χ2v) is 9.19. The number of rotatable bonds is 7. The zero-order valence-electron chi connectivity index (χ0n) is 18.0. The molecule has 1 aliphatic rings. The Morgan fingerprint density at radius 2 is 1.86 bits per heavy atom. The molecule has 35 heavy (non-hydrogen) atoms. The summed E-state index contributed by atoms with van der Waals surface area (Å²) in [6, 6.07) is 14.4. The first-order valence-electron chi connectivity index (χ1n) is 9.97. The summed E-state index contributed by atoms with van der Waals surface area (Å²) in [4.78, 5) is 27.0. The minimum Gasteiger partial charge on any atom is -0.493 e. The van der Waals surface area contributed by atoms with E-state index in [0.717, 1.165) is 9.13 Å². The maximum Gasteiger partial charge on any atom is 0.363 e. The summed E-state index contributed by atoms with van der Waals surface area (Å²) in [6.45, 7) is 0.189. The molecule has 4 rings (SSSR count). The molecular weight excluding hydrogens is 610 g/mol. The average Bonchev–Trinajstić information content (AvgIpc) is 3.20. The molecule has 0 radical (unpaired) electrons. The number of halogens is 3. The number of nitro benzene ring substituents is 1. The van der Waals surface area contributed by atoms with Gasteiger partial charge in [0.05, 0.1) is 25.6 Å². The molecule has 1 aliphatic heterocycles. The standard InChI is InChI=1S/C24H15Cl2IN2O6/c1-33-21-10-14(8-19(27)22(21)34-12-13-2-5-16(6-3-13)29(31)32)9-20-24(30)35-23(28-20)15-4-7-17(25)18(26)11-15/h2-11H,12H2,1H3/b20-9-. The number of ether oxygens (including phenoxy) is 3. The maximum atomic E-state index is 12.4. The Kier molecular flexibility index (Phi) is 7.58. The van der Waals surface area contributed by atoms with Gasteiger partial charge in [-0.05, 0) is 82.3 Å². The van der Waals surface area contributed by atoms with Crippen molar-refractivity contribution in [3.63, 3.8) is 0 Å². The van der Waals surface area contributed by atoms with E-state index < -0.39 is 10.9 Å². The van der Waals surface area contributed by atoms with Gasteiger partial charge >= 0.3 is 5.97 Å². The number of cyclic esters (lactones) is 1. The monoisotopic (exact) mass is 624 g/mol. The van der Waals surface area contributed by atoms with E-state index in [1.807, 2.05) is 0 Å². The van der Waals surface area contributed by atoms with Gasteiger partial charge in [0, 0.05) is 17.7 Å². The number of nitro groups is 1. The number of non-ortho nitro benzene ring substituents is 1. The summed E-state index contributed by atoms with van der Waals surface area (Å²) >= 11 is 14.1. The molecule has 0 saturated heterocycles. The lowest BCUT2D eigenvalue weighted by Gasteiger charge is -2.13. The third-order valence-corrected chi connectivity index (χ3v) is 6.41. The Balaban J connectivity index is 1.56. The molecule has 0 unspecified atom stereocenters. The van der Waals surface area contributed by atoms with Gasteiger partial charge in [0.15, 0.2) is 17.2 Å². The predicted octanol–water partition coefficient (Wildman–Crippen LogP) is 6.44. The van der Waals surface area contributed by atoms with Gasteiger partial charge < -0.3 is 14.2 Å². The summed E-state index contributed by atoms with van der Waals surface area (Å²) in [5.74, 6) is 0.483. The first-order valence-corrected chi connectivity index (χ1v) is 11.8. The Labute approximate surface area is 223 Å². The third kappa shape index (κ3) is 5.75. The minimum atomic E-state index is -0.599. The van der Waals surface area contributed by atoms with Gasteiger partial charge in [-0.2, -0.15) is 0 Å². The molecule has 0 saturated carbocycles. The van der Waals surface area contributed by atoms with Crippen molar-refractivity contribution in [1.29, 1.82) is 0 Å². The zero-order chi connectivity index (χ0) is 25.1. The van der Waals surface area contributed by atoms with E-state index in [1.54, 1.807) is 48.5 Å². The van der Waals surface area contributed by atoms with E-state index in [-0.39, 0.29) is 23.9 Å². The highest BCUT2D eigenvalue weighted by Crippen LogP contribution is 2.36. The van der Waals surface area contributed by atoms with Gasteiger partial charge in [-0.1, -0.05) is 23.2 Å². The molecule has 8 nitrogen and oxygen atoms in total. The number of benzene rings is 3. The van der Waals surface area contributed by atoms with Gasteiger partial charge in [0.25, 0.3) is 5.69 Å². The van der Waals surface area contributed by atoms with Crippen LogP contribution in [-0.4, -0.2) is 23.9 Å². The second-order valence-electron chi connectivity index (χ2n) is 7.21. The van der Waals surface area contributed by atoms with Crippen molar-refractivity contribution >= 4 is 69.4 Å². The lowest BCUT2D eigenvalue weighted by Crippen LogP contribution is -2.05. The fourth-order valence-electron chi connectivity index (χ4n) is 3.15. The molecular formula is C24H15Cl2IN2O6. The van der Waals surface area contributed by atoms with E-state index in [4.69, 9.17) is 37.4 Å². The van der Waals surface area contributed by atoms with E-state index in [0.29, 0.717) is 32.7 Å². The fraction of sp³-hybridized carbons (Fsp3) is 0.0833. The van der Waals surface area contributed by atoms with Crippen LogP contribution in [0, 0.1) is 13.7 Å². The molecule has 0 aromatic heterocycles. The molecule has 0 amide bonds. The van der Waals surface area contributed by atoms with Crippen molar-refractivity contribution in [1.82, 2.24) is 0 Å². The van der Waals surface area contributed by atoms with Crippen LogP contribution < -0.4 is 9.47 Å². The van der Waals surface area contributed by atoms with Crippen molar-refractivity contribution in [3.05, 3.63) is 101 Å². The molecule has 0 spiro atoms. The van der Waals surface area contributed by atoms with E-state index in [1.165, 1.54) is 19.2 Å². The summed E-state index contributed by atoms with van der Waals surface area (Å²) in [7, 11) is 1.51. The minimum absolute atomic E-state index is 0.00807. The van der Waals surface area contributed by atoms with E-state index in [2.05, 4.69) is 27.6 Å². The van der Waals surface area contributed by atoms with Gasteiger partial charge in [0.2, 0.25) is 5.90 Å². The van der Waals surface area contributed by atoms with Crippen LogP contribution >= 0.6 is 45.8 Å². The number of carbonyl (C=O) groups excluding carboxylic acids is 1. The van der Waals surface area contributed by atoms with Crippen LogP contribution in [0.15, 0.2) is 65.3 Å². The molecule has 178 valence electrons. The lowest BCUT2D eigenvalue weighted by molar-refractivity contribution is -0.384. The van der Waals surface area contributed by atoms with Crippen molar-refractivity contribution in [3.8, 4) is 11.5 Å². The van der Waals surface area contributed by atoms with Crippen LogP contribution in [0.4, 0.5) is 5.69 Å². The van der Waals surface area contributed by atoms with Crippen LogP contribution in [0.3, 0.4) is 0 Å². The van der Waals surface area contributed by atoms with Crippen molar-refractivity contribution < 1.29 is 23.9 Å². The SMILES string of the molecule is COc1cc(/C=C2\N=C(c3ccc(Cl)c(Cl)c3)OC2=O)cc(I)c1OCc1ccc([N+](=O)[O-])cc1. The first kappa shape index (κ1) is 25.0. The van der Waals surface area contributed by atoms with Crippen molar-refractivity contribution in [2.45, 2.75) is 6.61 Å². The van der Waals surface area contributed by atoms with Crippen LogP contribution in [0.2, 0.25) is 10.0 Å². The molecule has 0 fully saturated rings. The Morgan fingerprint density at radius 1 is 1.11 bits per heavy atom.